The highest BCUT2D eigenvalue weighted by Crippen LogP contribution is 2.33. The van der Waals surface area contributed by atoms with Crippen molar-refractivity contribution in [2.24, 2.45) is 0 Å². The molecule has 148 valence electrons. The van der Waals surface area contributed by atoms with Crippen molar-refractivity contribution in [3.63, 3.8) is 0 Å². The number of carbonyl (C=O) groups excluding carboxylic acids is 2. The molecule has 2 amide bonds. The molecule has 0 spiro atoms. The van der Waals surface area contributed by atoms with Gasteiger partial charge in [0.05, 0.1) is 12.1 Å². The van der Waals surface area contributed by atoms with Crippen molar-refractivity contribution >= 4 is 28.9 Å². The molecular weight excluding hydrogens is 371 g/mol. The summed E-state index contributed by atoms with van der Waals surface area (Å²) >= 11 is 0. The van der Waals surface area contributed by atoms with Crippen LogP contribution in [0.3, 0.4) is 0 Å². The summed E-state index contributed by atoms with van der Waals surface area (Å²) < 4.78 is 38.9. The second-order valence-electron chi connectivity index (χ2n) is 6.62. The smallest absolute Gasteiger partial charge is 0.376 e. The molecule has 1 aliphatic heterocycles. The van der Waals surface area contributed by atoms with Crippen molar-refractivity contribution in [2.75, 3.05) is 28.6 Å². The third kappa shape index (κ3) is 4.62. The molecule has 28 heavy (non-hydrogen) atoms. The van der Waals surface area contributed by atoms with E-state index >= 15 is 0 Å². The predicted octanol–water partition coefficient (Wildman–Crippen LogP) is 4.19. The lowest BCUT2D eigenvalue weighted by Gasteiger charge is -2.16. The zero-order valence-electron chi connectivity index (χ0n) is 15.3. The third-order valence-corrected chi connectivity index (χ3v) is 4.53. The number of hydrogen-bond donors (Lipinski definition) is 2. The van der Waals surface area contributed by atoms with Crippen molar-refractivity contribution in [1.29, 1.82) is 0 Å². The van der Waals surface area contributed by atoms with Crippen LogP contribution in [-0.4, -0.2) is 24.9 Å². The minimum atomic E-state index is -4.44. The van der Waals surface area contributed by atoms with E-state index in [2.05, 4.69) is 10.6 Å². The Morgan fingerprint density at radius 2 is 1.79 bits per heavy atom. The SMILES string of the molecule is Cc1ccc(NCC(=O)Nc2ccc(N3CCCC3=O)cc2)cc1C(F)(F)F. The van der Waals surface area contributed by atoms with E-state index in [1.165, 1.54) is 19.1 Å². The summed E-state index contributed by atoms with van der Waals surface area (Å²) in [6, 6.07) is 10.7. The van der Waals surface area contributed by atoms with Gasteiger partial charge < -0.3 is 15.5 Å². The van der Waals surface area contributed by atoms with Gasteiger partial charge in [-0.05, 0) is 55.3 Å². The second-order valence-corrected chi connectivity index (χ2v) is 6.62. The van der Waals surface area contributed by atoms with Gasteiger partial charge >= 0.3 is 6.18 Å². The first-order valence-corrected chi connectivity index (χ1v) is 8.86. The highest BCUT2D eigenvalue weighted by molar-refractivity contribution is 5.96. The molecule has 0 radical (unpaired) electrons. The lowest BCUT2D eigenvalue weighted by molar-refractivity contribution is -0.138. The van der Waals surface area contributed by atoms with Crippen LogP contribution in [0.1, 0.15) is 24.0 Å². The van der Waals surface area contributed by atoms with E-state index in [1.807, 2.05) is 0 Å². The highest BCUT2D eigenvalue weighted by atomic mass is 19.4. The lowest BCUT2D eigenvalue weighted by Crippen LogP contribution is -2.24. The Balaban J connectivity index is 1.57. The summed E-state index contributed by atoms with van der Waals surface area (Å²) in [7, 11) is 0. The third-order valence-electron chi connectivity index (χ3n) is 4.53. The maximum atomic E-state index is 13.0. The molecule has 1 aliphatic rings. The van der Waals surface area contributed by atoms with Gasteiger partial charge in [-0.3, -0.25) is 9.59 Å². The van der Waals surface area contributed by atoms with Gasteiger partial charge in [-0.1, -0.05) is 6.07 Å². The summed E-state index contributed by atoms with van der Waals surface area (Å²) in [4.78, 5) is 25.5. The molecule has 2 aromatic rings. The average Bonchev–Trinajstić information content (AvgIpc) is 3.07. The number of hydrogen-bond acceptors (Lipinski definition) is 3. The van der Waals surface area contributed by atoms with Crippen LogP contribution in [0, 0.1) is 6.92 Å². The molecule has 0 bridgehead atoms. The van der Waals surface area contributed by atoms with Gasteiger partial charge in [0.25, 0.3) is 0 Å². The number of rotatable bonds is 5. The molecular formula is C20H20F3N3O2. The van der Waals surface area contributed by atoms with Crippen LogP contribution in [0.2, 0.25) is 0 Å². The first-order chi connectivity index (χ1) is 13.2. The molecule has 8 heteroatoms. The van der Waals surface area contributed by atoms with Crippen LogP contribution in [0.25, 0.3) is 0 Å². The number of aryl methyl sites for hydroxylation is 1. The van der Waals surface area contributed by atoms with Gasteiger partial charge in [0, 0.05) is 30.0 Å². The molecule has 0 aromatic heterocycles. The van der Waals surface area contributed by atoms with E-state index in [-0.39, 0.29) is 29.6 Å². The van der Waals surface area contributed by atoms with E-state index in [4.69, 9.17) is 0 Å². The fraction of sp³-hybridized carbons (Fsp3) is 0.300. The summed E-state index contributed by atoms with van der Waals surface area (Å²) in [6.45, 7) is 1.90. The van der Waals surface area contributed by atoms with Gasteiger partial charge in [-0.15, -0.1) is 0 Å². The Hall–Kier alpha value is -3.03. The first kappa shape index (κ1) is 19.7. The maximum absolute atomic E-state index is 13.0. The Bertz CT molecular complexity index is 879. The molecule has 1 saturated heterocycles. The number of benzene rings is 2. The largest absolute Gasteiger partial charge is 0.416 e. The molecule has 0 saturated carbocycles. The van der Waals surface area contributed by atoms with E-state index < -0.39 is 11.7 Å². The van der Waals surface area contributed by atoms with Crippen molar-refractivity contribution in [2.45, 2.75) is 25.9 Å². The fourth-order valence-corrected chi connectivity index (χ4v) is 3.07. The van der Waals surface area contributed by atoms with Crippen LogP contribution >= 0.6 is 0 Å². The minimum Gasteiger partial charge on any atom is -0.376 e. The number of nitrogens with zero attached hydrogens (tertiary/aromatic N) is 1. The topological polar surface area (TPSA) is 61.4 Å². The van der Waals surface area contributed by atoms with E-state index in [1.54, 1.807) is 29.2 Å². The summed E-state index contributed by atoms with van der Waals surface area (Å²) in [5.41, 5.74) is 0.931. The predicted molar refractivity (Wildman–Crippen MR) is 101 cm³/mol. The Kier molecular flexibility index (Phi) is 5.58. The van der Waals surface area contributed by atoms with Gasteiger partial charge in [0.15, 0.2) is 0 Å². The number of halogens is 3. The van der Waals surface area contributed by atoms with Crippen LogP contribution in [0.5, 0.6) is 0 Å². The molecule has 2 aromatic carbocycles. The van der Waals surface area contributed by atoms with Gasteiger partial charge in [0.1, 0.15) is 0 Å². The Morgan fingerprint density at radius 1 is 1.11 bits per heavy atom. The molecule has 0 unspecified atom stereocenters. The van der Waals surface area contributed by atoms with Gasteiger partial charge in [-0.2, -0.15) is 13.2 Å². The van der Waals surface area contributed by atoms with Crippen LogP contribution in [0.4, 0.5) is 30.2 Å². The quantitative estimate of drug-likeness (QED) is 0.803. The number of anilines is 3. The van der Waals surface area contributed by atoms with Crippen LogP contribution < -0.4 is 15.5 Å². The average molecular weight is 391 g/mol. The molecule has 5 nitrogen and oxygen atoms in total. The zero-order chi connectivity index (χ0) is 20.3. The molecule has 0 atom stereocenters. The van der Waals surface area contributed by atoms with E-state index in [0.29, 0.717) is 18.7 Å². The summed E-state index contributed by atoms with van der Waals surface area (Å²) in [6.07, 6.45) is -3.07. The van der Waals surface area contributed by atoms with Crippen molar-refractivity contribution < 1.29 is 22.8 Å². The van der Waals surface area contributed by atoms with E-state index in [9.17, 15) is 22.8 Å². The number of carbonyl (C=O) groups is 2. The zero-order valence-corrected chi connectivity index (χ0v) is 15.3. The monoisotopic (exact) mass is 391 g/mol. The van der Waals surface area contributed by atoms with Crippen molar-refractivity contribution in [3.05, 3.63) is 53.6 Å². The first-order valence-electron chi connectivity index (χ1n) is 8.86. The highest BCUT2D eigenvalue weighted by Gasteiger charge is 2.32. The molecule has 3 rings (SSSR count). The summed E-state index contributed by atoms with van der Waals surface area (Å²) in [5.74, 6) is -0.309. The second kappa shape index (κ2) is 7.92. The summed E-state index contributed by atoms with van der Waals surface area (Å²) in [5, 5.41) is 5.37. The lowest BCUT2D eigenvalue weighted by atomic mass is 10.1. The number of amides is 2. The Morgan fingerprint density at radius 3 is 2.39 bits per heavy atom. The van der Waals surface area contributed by atoms with Crippen molar-refractivity contribution in [3.8, 4) is 0 Å². The minimum absolute atomic E-state index is 0.0808. The normalized spacial score (nSPS) is 14.3. The molecule has 0 aliphatic carbocycles. The molecule has 2 N–H and O–H groups in total. The van der Waals surface area contributed by atoms with Gasteiger partial charge in [-0.25, -0.2) is 0 Å². The van der Waals surface area contributed by atoms with Crippen LogP contribution in [0.15, 0.2) is 42.5 Å². The molecule has 1 fully saturated rings. The standard InChI is InChI=1S/C20H20F3N3O2/c1-13-4-5-15(11-17(13)20(21,22)23)24-12-18(27)25-14-6-8-16(9-7-14)26-10-2-3-19(26)28/h4-9,11,24H,2-3,10,12H2,1H3,(H,25,27). The van der Waals surface area contributed by atoms with Gasteiger partial charge in [0.2, 0.25) is 11.8 Å². The maximum Gasteiger partial charge on any atom is 0.416 e. The van der Waals surface area contributed by atoms with E-state index in [0.717, 1.165) is 18.2 Å². The van der Waals surface area contributed by atoms with Crippen molar-refractivity contribution in [1.82, 2.24) is 0 Å². The number of nitrogens with one attached hydrogen (secondary N) is 2. The number of alkyl halides is 3. The molecule has 1 heterocycles. The fourth-order valence-electron chi connectivity index (χ4n) is 3.07. The van der Waals surface area contributed by atoms with Crippen LogP contribution in [-0.2, 0) is 15.8 Å². The Labute approximate surface area is 160 Å².